The number of aromatic nitrogens is 2. The van der Waals surface area contributed by atoms with E-state index in [1.54, 1.807) is 80.2 Å². The maximum Gasteiger partial charge on any atom is 0.410 e. The Hall–Kier alpha value is -3.48. The first-order chi connectivity index (χ1) is 18.0. The molecule has 2 aromatic heterocycles. The molecule has 3 aromatic rings. The standard InChI is InChI=1S/C26H31N5O6S/c1-26(2,3)37-25(33)30-16-21-22(17-30)36-13-12-31(21)38(34,35)20-7-4-18(5-8-20)14-28-24(32)19-6-9-23-27-10-11-29(23)15-19/h4-11,15,21-22H,12-14,16-17H2,1-3H3,(H,28,32). The molecule has 2 saturated heterocycles. The van der Waals surface area contributed by atoms with Gasteiger partial charge in [0.1, 0.15) is 11.2 Å². The van der Waals surface area contributed by atoms with Crippen molar-refractivity contribution in [2.45, 2.75) is 50.0 Å². The molecule has 38 heavy (non-hydrogen) atoms. The van der Waals surface area contributed by atoms with Crippen molar-refractivity contribution in [1.29, 1.82) is 0 Å². The Morgan fingerprint density at radius 3 is 2.63 bits per heavy atom. The van der Waals surface area contributed by atoms with Gasteiger partial charge in [-0.3, -0.25) is 4.79 Å². The van der Waals surface area contributed by atoms with Gasteiger partial charge in [0.15, 0.2) is 0 Å². The van der Waals surface area contributed by atoms with E-state index in [0.717, 1.165) is 11.2 Å². The molecule has 202 valence electrons. The van der Waals surface area contributed by atoms with E-state index < -0.39 is 33.9 Å². The molecule has 2 aliphatic rings. The third-order valence-electron chi connectivity index (χ3n) is 6.54. The van der Waals surface area contributed by atoms with Crippen LogP contribution >= 0.6 is 0 Å². The number of ether oxygens (including phenoxy) is 2. The van der Waals surface area contributed by atoms with Gasteiger partial charge >= 0.3 is 6.09 Å². The Balaban J connectivity index is 1.23. The average Bonchev–Trinajstić information content (AvgIpc) is 3.53. The topological polar surface area (TPSA) is 123 Å². The van der Waals surface area contributed by atoms with Crippen molar-refractivity contribution in [2.75, 3.05) is 26.2 Å². The van der Waals surface area contributed by atoms with Crippen molar-refractivity contribution in [3.63, 3.8) is 0 Å². The fourth-order valence-electron chi connectivity index (χ4n) is 4.68. The highest BCUT2D eigenvalue weighted by atomic mass is 32.2. The smallest absolute Gasteiger partial charge is 0.410 e. The Morgan fingerprint density at radius 1 is 1.13 bits per heavy atom. The van der Waals surface area contributed by atoms with Crippen LogP contribution in [0.4, 0.5) is 4.79 Å². The number of amides is 2. The number of likely N-dealkylation sites (tertiary alicyclic amines) is 1. The summed E-state index contributed by atoms with van der Waals surface area (Å²) in [5, 5.41) is 2.86. The van der Waals surface area contributed by atoms with E-state index in [1.165, 1.54) is 9.21 Å². The lowest BCUT2D eigenvalue weighted by Crippen LogP contribution is -2.53. The second kappa shape index (κ2) is 10.0. The highest BCUT2D eigenvalue weighted by Gasteiger charge is 2.47. The fraction of sp³-hybridized carbons (Fsp3) is 0.423. The van der Waals surface area contributed by atoms with Crippen molar-refractivity contribution in [1.82, 2.24) is 23.9 Å². The first-order valence-electron chi connectivity index (χ1n) is 12.4. The van der Waals surface area contributed by atoms with Crippen LogP contribution in [-0.2, 0) is 26.0 Å². The summed E-state index contributed by atoms with van der Waals surface area (Å²) in [4.78, 5) is 31.0. The second-order valence-corrected chi connectivity index (χ2v) is 12.3. The number of rotatable bonds is 5. The number of hydrogen-bond donors (Lipinski definition) is 1. The lowest BCUT2D eigenvalue weighted by molar-refractivity contribution is -0.0171. The lowest BCUT2D eigenvalue weighted by Gasteiger charge is -2.35. The molecule has 2 aliphatic heterocycles. The van der Waals surface area contributed by atoms with Gasteiger partial charge in [-0.25, -0.2) is 18.2 Å². The van der Waals surface area contributed by atoms with Crippen LogP contribution in [0.3, 0.4) is 0 Å². The van der Waals surface area contributed by atoms with Gasteiger partial charge in [-0.05, 0) is 50.6 Å². The number of sulfonamides is 1. The van der Waals surface area contributed by atoms with Crippen LogP contribution in [0.25, 0.3) is 5.65 Å². The molecule has 4 heterocycles. The summed E-state index contributed by atoms with van der Waals surface area (Å²) in [6.07, 6.45) is 4.23. The van der Waals surface area contributed by atoms with Crippen molar-refractivity contribution in [3.05, 3.63) is 66.1 Å². The first kappa shape index (κ1) is 26.1. The molecule has 0 spiro atoms. The summed E-state index contributed by atoms with van der Waals surface area (Å²) in [5.74, 6) is -0.243. The third-order valence-corrected chi connectivity index (χ3v) is 8.47. The van der Waals surface area contributed by atoms with E-state index in [1.807, 2.05) is 0 Å². The highest BCUT2D eigenvalue weighted by Crippen LogP contribution is 2.29. The predicted molar refractivity (Wildman–Crippen MR) is 138 cm³/mol. The minimum atomic E-state index is -3.83. The van der Waals surface area contributed by atoms with Gasteiger partial charge in [-0.1, -0.05) is 12.1 Å². The number of carbonyl (C=O) groups is 2. The SMILES string of the molecule is CC(C)(C)OC(=O)N1CC2OCCN(S(=O)(=O)c3ccc(CNC(=O)c4ccc5nccn5c4)cc3)C2C1. The van der Waals surface area contributed by atoms with E-state index in [9.17, 15) is 18.0 Å². The Bertz CT molecular complexity index is 1450. The van der Waals surface area contributed by atoms with Crippen LogP contribution in [-0.4, -0.2) is 83.0 Å². The quantitative estimate of drug-likeness (QED) is 0.526. The van der Waals surface area contributed by atoms with E-state index in [2.05, 4.69) is 10.3 Å². The normalized spacial score (nSPS) is 20.3. The molecule has 2 amide bonds. The van der Waals surface area contributed by atoms with Crippen LogP contribution in [0.5, 0.6) is 0 Å². The molecule has 0 radical (unpaired) electrons. The summed E-state index contributed by atoms with van der Waals surface area (Å²) in [5.41, 5.74) is 1.36. The van der Waals surface area contributed by atoms with Crippen molar-refractivity contribution >= 4 is 27.7 Å². The number of imidazole rings is 1. The molecular weight excluding hydrogens is 510 g/mol. The third kappa shape index (κ3) is 5.38. The van der Waals surface area contributed by atoms with Gasteiger partial charge in [-0.15, -0.1) is 0 Å². The van der Waals surface area contributed by atoms with Gasteiger partial charge in [0.05, 0.1) is 35.8 Å². The minimum Gasteiger partial charge on any atom is -0.444 e. The molecule has 0 bridgehead atoms. The van der Waals surface area contributed by atoms with Gasteiger partial charge in [0.25, 0.3) is 5.91 Å². The van der Waals surface area contributed by atoms with E-state index in [0.29, 0.717) is 5.56 Å². The number of morpholine rings is 1. The highest BCUT2D eigenvalue weighted by molar-refractivity contribution is 7.89. The zero-order valence-corrected chi connectivity index (χ0v) is 22.3. The van der Waals surface area contributed by atoms with Gasteiger partial charge < -0.3 is 24.1 Å². The number of pyridine rings is 1. The Morgan fingerprint density at radius 2 is 1.89 bits per heavy atom. The van der Waals surface area contributed by atoms with Crippen molar-refractivity contribution < 1.29 is 27.5 Å². The number of carbonyl (C=O) groups excluding carboxylic acids is 2. The van der Waals surface area contributed by atoms with E-state index in [4.69, 9.17) is 9.47 Å². The van der Waals surface area contributed by atoms with Gasteiger partial charge in [0, 0.05) is 38.2 Å². The second-order valence-electron chi connectivity index (χ2n) is 10.4. The number of nitrogens with one attached hydrogen (secondary N) is 1. The maximum absolute atomic E-state index is 13.5. The molecule has 2 fully saturated rings. The number of hydrogen-bond acceptors (Lipinski definition) is 7. The van der Waals surface area contributed by atoms with Crippen LogP contribution in [0, 0.1) is 0 Å². The van der Waals surface area contributed by atoms with E-state index in [-0.39, 0.29) is 43.6 Å². The summed E-state index contributed by atoms with van der Waals surface area (Å²) in [6.45, 7) is 6.53. The molecule has 12 heteroatoms. The predicted octanol–water partition coefficient (Wildman–Crippen LogP) is 2.27. The summed E-state index contributed by atoms with van der Waals surface area (Å²) >= 11 is 0. The average molecular weight is 542 g/mol. The van der Waals surface area contributed by atoms with Crippen molar-refractivity contribution in [2.24, 2.45) is 0 Å². The monoisotopic (exact) mass is 541 g/mol. The zero-order chi connectivity index (χ0) is 27.1. The number of nitrogens with zero attached hydrogens (tertiary/aromatic N) is 4. The molecule has 1 aromatic carbocycles. The molecular formula is C26H31N5O6S. The molecule has 1 N–H and O–H groups in total. The number of benzene rings is 1. The molecule has 2 unspecified atom stereocenters. The zero-order valence-electron chi connectivity index (χ0n) is 21.5. The summed E-state index contributed by atoms with van der Waals surface area (Å²) < 4.78 is 41.5. The summed E-state index contributed by atoms with van der Waals surface area (Å²) in [7, 11) is -3.83. The molecule has 11 nitrogen and oxygen atoms in total. The molecule has 5 rings (SSSR count). The Kier molecular flexibility index (Phi) is 6.88. The van der Waals surface area contributed by atoms with Crippen molar-refractivity contribution in [3.8, 4) is 0 Å². The molecule has 2 atom stereocenters. The van der Waals surface area contributed by atoms with Crippen LogP contribution in [0.15, 0.2) is 59.9 Å². The number of fused-ring (bicyclic) bond motifs is 2. The van der Waals surface area contributed by atoms with Crippen LogP contribution < -0.4 is 5.32 Å². The largest absolute Gasteiger partial charge is 0.444 e. The fourth-order valence-corrected chi connectivity index (χ4v) is 6.31. The Labute approximate surface area is 221 Å². The van der Waals surface area contributed by atoms with E-state index >= 15 is 0 Å². The maximum atomic E-state index is 13.5. The van der Waals surface area contributed by atoms with Gasteiger partial charge in [0.2, 0.25) is 10.0 Å². The summed E-state index contributed by atoms with van der Waals surface area (Å²) in [6, 6.07) is 9.43. The molecule has 0 saturated carbocycles. The van der Waals surface area contributed by atoms with Crippen LogP contribution in [0.1, 0.15) is 36.7 Å². The lowest BCUT2D eigenvalue weighted by atomic mass is 10.2. The van der Waals surface area contributed by atoms with Gasteiger partial charge in [-0.2, -0.15) is 4.31 Å². The molecule has 0 aliphatic carbocycles. The minimum absolute atomic E-state index is 0.148. The van der Waals surface area contributed by atoms with Crippen LogP contribution in [0.2, 0.25) is 0 Å². The first-order valence-corrected chi connectivity index (χ1v) is 13.9.